The van der Waals surface area contributed by atoms with Gasteiger partial charge < -0.3 is 10.0 Å². The molecular formula is C12H14N2O2S. The van der Waals surface area contributed by atoms with Crippen molar-refractivity contribution < 1.29 is 9.90 Å². The minimum Gasteiger partial charge on any atom is -0.395 e. The zero-order chi connectivity index (χ0) is 12.4. The molecule has 0 radical (unpaired) electrons. The van der Waals surface area contributed by atoms with E-state index >= 15 is 0 Å². The van der Waals surface area contributed by atoms with Crippen LogP contribution in [0.25, 0.3) is 10.2 Å². The van der Waals surface area contributed by atoms with Crippen LogP contribution >= 0.6 is 11.3 Å². The van der Waals surface area contributed by atoms with Gasteiger partial charge in [0.1, 0.15) is 0 Å². The van der Waals surface area contributed by atoms with Gasteiger partial charge in [-0.15, -0.1) is 11.3 Å². The standard InChI is InChI=1S/C12H14N2O2S/c1-8(16)12-13-10-4-3-9(7-11(10)17-12)14(2)5-6-15/h3-4,7,15H,5-6H2,1-2H3. The Kier molecular flexibility index (Phi) is 3.40. The van der Waals surface area contributed by atoms with Crippen molar-refractivity contribution in [3.8, 4) is 0 Å². The number of likely N-dealkylation sites (N-methyl/N-ethyl adjacent to an activating group) is 1. The molecule has 0 unspecified atom stereocenters. The van der Waals surface area contributed by atoms with E-state index in [2.05, 4.69) is 4.98 Å². The second kappa shape index (κ2) is 4.81. The van der Waals surface area contributed by atoms with Crippen molar-refractivity contribution in [2.75, 3.05) is 25.1 Å². The summed E-state index contributed by atoms with van der Waals surface area (Å²) in [6.45, 7) is 2.23. The predicted molar refractivity (Wildman–Crippen MR) is 70.0 cm³/mol. The fourth-order valence-corrected chi connectivity index (χ4v) is 2.47. The number of carbonyl (C=O) groups is 1. The molecule has 2 rings (SSSR count). The Labute approximate surface area is 104 Å². The molecule has 0 aliphatic rings. The molecule has 0 saturated carbocycles. The van der Waals surface area contributed by atoms with E-state index in [1.54, 1.807) is 0 Å². The number of nitrogens with zero attached hydrogens (tertiary/aromatic N) is 2. The number of aliphatic hydroxyl groups excluding tert-OH is 1. The van der Waals surface area contributed by atoms with Crippen LogP contribution in [-0.2, 0) is 0 Å². The van der Waals surface area contributed by atoms with Crippen LogP contribution < -0.4 is 4.90 Å². The quantitative estimate of drug-likeness (QED) is 0.842. The van der Waals surface area contributed by atoms with E-state index < -0.39 is 0 Å². The summed E-state index contributed by atoms with van der Waals surface area (Å²) < 4.78 is 0.998. The van der Waals surface area contributed by atoms with Crippen LogP contribution in [0, 0.1) is 0 Å². The molecule has 2 aromatic rings. The summed E-state index contributed by atoms with van der Waals surface area (Å²) in [7, 11) is 1.92. The molecule has 4 nitrogen and oxygen atoms in total. The zero-order valence-electron chi connectivity index (χ0n) is 9.80. The number of hydrogen-bond acceptors (Lipinski definition) is 5. The van der Waals surface area contributed by atoms with Crippen LogP contribution in [0.3, 0.4) is 0 Å². The van der Waals surface area contributed by atoms with E-state index in [9.17, 15) is 4.79 Å². The van der Waals surface area contributed by atoms with Crippen molar-refractivity contribution in [3.63, 3.8) is 0 Å². The minimum absolute atomic E-state index is 0.00328. The second-order valence-electron chi connectivity index (χ2n) is 3.87. The summed E-state index contributed by atoms with van der Waals surface area (Å²) in [6, 6.07) is 5.85. The van der Waals surface area contributed by atoms with Gasteiger partial charge in [0, 0.05) is 26.2 Å². The van der Waals surface area contributed by atoms with Gasteiger partial charge in [0.05, 0.1) is 16.8 Å². The molecular weight excluding hydrogens is 236 g/mol. The van der Waals surface area contributed by atoms with Crippen LogP contribution in [0.1, 0.15) is 16.7 Å². The number of rotatable bonds is 4. The third-order valence-electron chi connectivity index (χ3n) is 2.55. The second-order valence-corrected chi connectivity index (χ2v) is 4.90. The number of Topliss-reactive ketones (excluding diaryl/α,β-unsaturated/α-hetero) is 1. The lowest BCUT2D eigenvalue weighted by Crippen LogP contribution is -2.20. The maximum Gasteiger partial charge on any atom is 0.188 e. The summed E-state index contributed by atoms with van der Waals surface area (Å²) in [5.74, 6) is -0.00328. The average Bonchev–Trinajstić information content (AvgIpc) is 2.71. The van der Waals surface area contributed by atoms with Crippen molar-refractivity contribution >= 4 is 33.0 Å². The highest BCUT2D eigenvalue weighted by atomic mass is 32.1. The van der Waals surface area contributed by atoms with E-state index in [1.165, 1.54) is 18.3 Å². The van der Waals surface area contributed by atoms with E-state index in [4.69, 9.17) is 5.11 Å². The maximum atomic E-state index is 11.2. The fourth-order valence-electron chi connectivity index (χ4n) is 1.58. The van der Waals surface area contributed by atoms with Crippen LogP contribution in [0.15, 0.2) is 18.2 Å². The lowest BCUT2D eigenvalue weighted by Gasteiger charge is -2.17. The molecule has 0 amide bonds. The highest BCUT2D eigenvalue weighted by molar-refractivity contribution is 7.20. The highest BCUT2D eigenvalue weighted by Crippen LogP contribution is 2.26. The molecule has 0 aliphatic heterocycles. The molecule has 0 aliphatic carbocycles. The van der Waals surface area contributed by atoms with Crippen LogP contribution in [0.5, 0.6) is 0 Å². The first-order valence-electron chi connectivity index (χ1n) is 5.35. The van der Waals surface area contributed by atoms with Crippen LogP contribution in [-0.4, -0.2) is 36.1 Å². The van der Waals surface area contributed by atoms with Gasteiger partial charge in [-0.2, -0.15) is 0 Å². The third kappa shape index (κ3) is 2.45. The molecule has 1 N–H and O–H groups in total. The van der Waals surface area contributed by atoms with Crippen LogP contribution in [0.4, 0.5) is 5.69 Å². The fraction of sp³-hybridized carbons (Fsp3) is 0.333. The number of ketones is 1. The summed E-state index contributed by atoms with van der Waals surface area (Å²) in [5, 5.41) is 9.44. The normalized spacial score (nSPS) is 10.8. The maximum absolute atomic E-state index is 11.2. The number of hydrogen-bond donors (Lipinski definition) is 1. The summed E-state index contributed by atoms with van der Waals surface area (Å²) in [5.41, 5.74) is 1.87. The number of fused-ring (bicyclic) bond motifs is 1. The van der Waals surface area contributed by atoms with E-state index in [0.29, 0.717) is 11.6 Å². The number of thiazole rings is 1. The molecule has 1 aromatic heterocycles. The molecule has 90 valence electrons. The SMILES string of the molecule is CC(=O)c1nc2ccc(N(C)CCO)cc2s1. The predicted octanol–water partition coefficient (Wildman–Crippen LogP) is 1.93. The third-order valence-corrected chi connectivity index (χ3v) is 3.67. The first-order chi connectivity index (χ1) is 8.11. The smallest absolute Gasteiger partial charge is 0.188 e. The number of benzene rings is 1. The summed E-state index contributed by atoms with van der Waals surface area (Å²) >= 11 is 1.41. The van der Waals surface area contributed by atoms with Crippen molar-refractivity contribution in [2.45, 2.75) is 6.92 Å². The molecule has 1 heterocycles. The minimum atomic E-state index is -0.00328. The Bertz CT molecular complexity index is 550. The average molecular weight is 250 g/mol. The Balaban J connectivity index is 2.39. The van der Waals surface area contributed by atoms with Crippen molar-refractivity contribution in [2.24, 2.45) is 0 Å². The number of anilines is 1. The number of aliphatic hydroxyl groups is 1. The van der Waals surface area contributed by atoms with Gasteiger partial charge in [-0.3, -0.25) is 4.79 Å². The van der Waals surface area contributed by atoms with Crippen LogP contribution in [0.2, 0.25) is 0 Å². The van der Waals surface area contributed by atoms with Gasteiger partial charge in [-0.25, -0.2) is 4.98 Å². The lowest BCUT2D eigenvalue weighted by atomic mass is 10.3. The topological polar surface area (TPSA) is 53.4 Å². The number of carbonyl (C=O) groups excluding carboxylic acids is 1. The first kappa shape index (κ1) is 12.0. The Hall–Kier alpha value is -1.46. The Morgan fingerprint density at radius 2 is 2.29 bits per heavy atom. The van der Waals surface area contributed by atoms with Gasteiger partial charge in [0.25, 0.3) is 0 Å². The molecule has 0 saturated heterocycles. The van der Waals surface area contributed by atoms with Gasteiger partial charge in [0.2, 0.25) is 0 Å². The first-order valence-corrected chi connectivity index (χ1v) is 6.17. The van der Waals surface area contributed by atoms with Gasteiger partial charge >= 0.3 is 0 Å². The van der Waals surface area contributed by atoms with Gasteiger partial charge in [-0.05, 0) is 18.2 Å². The van der Waals surface area contributed by atoms with E-state index in [0.717, 1.165) is 15.9 Å². The van der Waals surface area contributed by atoms with Gasteiger partial charge in [0.15, 0.2) is 10.8 Å². The molecule has 0 atom stereocenters. The Morgan fingerprint density at radius 3 is 2.94 bits per heavy atom. The summed E-state index contributed by atoms with van der Waals surface area (Å²) in [6.07, 6.45) is 0. The van der Waals surface area contributed by atoms with Crippen molar-refractivity contribution in [3.05, 3.63) is 23.2 Å². The highest BCUT2D eigenvalue weighted by Gasteiger charge is 2.09. The molecule has 0 fully saturated rings. The summed E-state index contributed by atoms with van der Waals surface area (Å²) in [4.78, 5) is 17.5. The van der Waals surface area contributed by atoms with Crippen molar-refractivity contribution in [1.82, 2.24) is 4.98 Å². The molecule has 5 heteroatoms. The lowest BCUT2D eigenvalue weighted by molar-refractivity contribution is 0.101. The molecule has 17 heavy (non-hydrogen) atoms. The van der Waals surface area contributed by atoms with Gasteiger partial charge in [-0.1, -0.05) is 0 Å². The number of aromatic nitrogens is 1. The molecule has 0 bridgehead atoms. The van der Waals surface area contributed by atoms with E-state index in [1.807, 2.05) is 30.1 Å². The largest absolute Gasteiger partial charge is 0.395 e. The zero-order valence-corrected chi connectivity index (χ0v) is 10.6. The Morgan fingerprint density at radius 1 is 1.53 bits per heavy atom. The molecule has 0 spiro atoms. The van der Waals surface area contributed by atoms with E-state index in [-0.39, 0.29) is 12.4 Å². The molecule has 1 aromatic carbocycles. The monoisotopic (exact) mass is 250 g/mol. The van der Waals surface area contributed by atoms with Crippen molar-refractivity contribution in [1.29, 1.82) is 0 Å².